The molecule has 0 aliphatic rings. The van der Waals surface area contributed by atoms with E-state index in [1.807, 2.05) is 55.3 Å². The van der Waals surface area contributed by atoms with Gasteiger partial charge in [0.1, 0.15) is 0 Å². The van der Waals surface area contributed by atoms with Crippen LogP contribution >= 0.6 is 0 Å². The number of pyridine rings is 2. The number of hydrogen-bond donors (Lipinski definition) is 1. The van der Waals surface area contributed by atoms with Crippen LogP contribution in [0.3, 0.4) is 0 Å². The molecular weight excluding hydrogens is 290 g/mol. The second-order valence-electron chi connectivity index (χ2n) is 5.26. The summed E-state index contributed by atoms with van der Waals surface area (Å²) in [6, 6.07) is 7.75. The predicted molar refractivity (Wildman–Crippen MR) is 89.3 cm³/mol. The zero-order valence-corrected chi connectivity index (χ0v) is 13.4. The van der Waals surface area contributed by atoms with E-state index in [1.54, 1.807) is 13.3 Å². The normalized spacial score (nSPS) is 10.6. The fourth-order valence-electron chi connectivity index (χ4n) is 2.44. The van der Waals surface area contributed by atoms with Crippen LogP contribution in [0.15, 0.2) is 42.9 Å². The Morgan fingerprint density at radius 3 is 2.83 bits per heavy atom. The zero-order chi connectivity index (χ0) is 16.2. The van der Waals surface area contributed by atoms with Crippen LogP contribution in [0.5, 0.6) is 5.88 Å². The van der Waals surface area contributed by atoms with E-state index < -0.39 is 0 Å². The molecule has 3 aromatic rings. The van der Waals surface area contributed by atoms with Crippen molar-refractivity contribution in [3.05, 3.63) is 54.1 Å². The van der Waals surface area contributed by atoms with Crippen molar-refractivity contribution in [1.82, 2.24) is 19.7 Å². The van der Waals surface area contributed by atoms with Gasteiger partial charge in [-0.3, -0.25) is 9.67 Å². The number of aromatic nitrogens is 4. The van der Waals surface area contributed by atoms with Gasteiger partial charge >= 0.3 is 0 Å². The molecule has 0 aliphatic heterocycles. The number of ether oxygens (including phenoxy) is 1. The van der Waals surface area contributed by atoms with Gasteiger partial charge in [-0.05, 0) is 25.1 Å². The summed E-state index contributed by atoms with van der Waals surface area (Å²) in [7, 11) is 3.54. The minimum atomic E-state index is 0.616. The Bertz CT molecular complexity index is 798. The van der Waals surface area contributed by atoms with Crippen LogP contribution in [-0.4, -0.2) is 26.9 Å². The molecule has 118 valence electrons. The Balaban J connectivity index is 1.82. The number of hydrogen-bond acceptors (Lipinski definition) is 5. The summed E-state index contributed by atoms with van der Waals surface area (Å²) in [4.78, 5) is 8.54. The van der Waals surface area contributed by atoms with Crippen LogP contribution in [0.4, 0.5) is 5.69 Å². The van der Waals surface area contributed by atoms with E-state index in [0.717, 1.165) is 28.2 Å². The average molecular weight is 309 g/mol. The van der Waals surface area contributed by atoms with Crippen LogP contribution in [-0.2, 0) is 13.6 Å². The van der Waals surface area contributed by atoms with Crippen molar-refractivity contribution in [2.24, 2.45) is 7.05 Å². The minimum absolute atomic E-state index is 0.616. The molecule has 0 unspecified atom stereocenters. The highest BCUT2D eigenvalue weighted by atomic mass is 16.5. The van der Waals surface area contributed by atoms with Crippen LogP contribution < -0.4 is 10.1 Å². The van der Waals surface area contributed by atoms with Gasteiger partial charge in [0.05, 0.1) is 24.2 Å². The smallest absolute Gasteiger partial charge is 0.213 e. The Hall–Kier alpha value is -2.89. The molecule has 3 rings (SSSR count). The number of nitrogens with one attached hydrogen (secondary N) is 1. The van der Waals surface area contributed by atoms with Gasteiger partial charge in [-0.15, -0.1) is 0 Å². The summed E-state index contributed by atoms with van der Waals surface area (Å²) in [5.41, 5.74) is 4.93. The molecule has 6 nitrogen and oxygen atoms in total. The molecule has 0 aromatic carbocycles. The van der Waals surface area contributed by atoms with Crippen molar-refractivity contribution in [1.29, 1.82) is 0 Å². The van der Waals surface area contributed by atoms with Crippen molar-refractivity contribution in [3.8, 4) is 17.1 Å². The summed E-state index contributed by atoms with van der Waals surface area (Å²) >= 11 is 0. The van der Waals surface area contributed by atoms with E-state index in [0.29, 0.717) is 12.4 Å². The maximum atomic E-state index is 5.13. The number of anilines is 1. The molecule has 0 spiro atoms. The molecule has 23 heavy (non-hydrogen) atoms. The van der Waals surface area contributed by atoms with E-state index in [9.17, 15) is 0 Å². The maximum Gasteiger partial charge on any atom is 0.213 e. The highest BCUT2D eigenvalue weighted by Crippen LogP contribution is 2.23. The second kappa shape index (κ2) is 6.48. The van der Waals surface area contributed by atoms with Crippen molar-refractivity contribution < 1.29 is 4.74 Å². The molecule has 1 N–H and O–H groups in total. The molecule has 0 atom stereocenters. The highest BCUT2D eigenvalue weighted by molar-refractivity contribution is 5.62. The molecule has 0 amide bonds. The largest absolute Gasteiger partial charge is 0.481 e. The van der Waals surface area contributed by atoms with Crippen molar-refractivity contribution >= 4 is 5.69 Å². The third-order valence-electron chi connectivity index (χ3n) is 3.58. The fourth-order valence-corrected chi connectivity index (χ4v) is 2.44. The Morgan fingerprint density at radius 1 is 1.26 bits per heavy atom. The summed E-state index contributed by atoms with van der Waals surface area (Å²) in [5, 5.41) is 7.96. The molecule has 0 bridgehead atoms. The van der Waals surface area contributed by atoms with Gasteiger partial charge in [0.25, 0.3) is 0 Å². The molecular formula is C17H19N5O. The first kappa shape index (κ1) is 15.0. The van der Waals surface area contributed by atoms with E-state index in [4.69, 9.17) is 4.74 Å². The van der Waals surface area contributed by atoms with E-state index >= 15 is 0 Å². The number of rotatable bonds is 5. The lowest BCUT2D eigenvalue weighted by atomic mass is 10.1. The SMILES string of the molecule is COc1ccc(NCc2cn(C)nc2-c2cccnc2)c(C)n1. The lowest BCUT2D eigenvalue weighted by Gasteiger charge is -2.10. The lowest BCUT2D eigenvalue weighted by molar-refractivity contribution is 0.397. The Kier molecular flexibility index (Phi) is 4.23. The van der Waals surface area contributed by atoms with Gasteiger partial charge in [0.2, 0.25) is 5.88 Å². The molecule has 0 saturated heterocycles. The number of nitrogens with zero attached hydrogens (tertiary/aromatic N) is 4. The van der Waals surface area contributed by atoms with E-state index in [-0.39, 0.29) is 0 Å². The monoisotopic (exact) mass is 309 g/mol. The first-order valence-corrected chi connectivity index (χ1v) is 7.36. The third-order valence-corrected chi connectivity index (χ3v) is 3.58. The van der Waals surface area contributed by atoms with Crippen molar-refractivity contribution in [2.75, 3.05) is 12.4 Å². The van der Waals surface area contributed by atoms with Crippen LogP contribution in [0.1, 0.15) is 11.3 Å². The molecule has 6 heteroatoms. The van der Waals surface area contributed by atoms with E-state index in [2.05, 4.69) is 20.4 Å². The molecule has 0 fully saturated rings. The first-order valence-electron chi connectivity index (χ1n) is 7.36. The molecule has 3 heterocycles. The van der Waals surface area contributed by atoms with Gasteiger partial charge in [0.15, 0.2) is 0 Å². The Labute approximate surface area is 135 Å². The Morgan fingerprint density at radius 2 is 2.13 bits per heavy atom. The average Bonchev–Trinajstić information content (AvgIpc) is 2.95. The molecule has 0 saturated carbocycles. The fraction of sp³-hybridized carbons (Fsp3) is 0.235. The summed E-state index contributed by atoms with van der Waals surface area (Å²) in [5.74, 6) is 0.616. The third kappa shape index (κ3) is 3.31. The standard InChI is InChI=1S/C17H19N5O/c1-12-15(6-7-16(20-12)23-3)19-10-14-11-22(2)21-17(14)13-5-4-8-18-9-13/h4-9,11,19H,10H2,1-3H3. The number of aryl methyl sites for hydroxylation is 2. The zero-order valence-electron chi connectivity index (χ0n) is 13.4. The van der Waals surface area contributed by atoms with Crippen molar-refractivity contribution in [2.45, 2.75) is 13.5 Å². The molecule has 0 radical (unpaired) electrons. The van der Waals surface area contributed by atoms with E-state index in [1.165, 1.54) is 0 Å². The summed E-state index contributed by atoms with van der Waals surface area (Å²) in [6.07, 6.45) is 5.60. The van der Waals surface area contributed by atoms with Crippen LogP contribution in [0.2, 0.25) is 0 Å². The molecule has 3 aromatic heterocycles. The van der Waals surface area contributed by atoms with Crippen molar-refractivity contribution in [3.63, 3.8) is 0 Å². The summed E-state index contributed by atoms with van der Waals surface area (Å²) in [6.45, 7) is 2.61. The topological polar surface area (TPSA) is 64.9 Å². The predicted octanol–water partition coefficient (Wildman–Crippen LogP) is 2.81. The quantitative estimate of drug-likeness (QED) is 0.785. The van der Waals surface area contributed by atoms with Gasteiger partial charge in [0, 0.05) is 49.4 Å². The minimum Gasteiger partial charge on any atom is -0.481 e. The van der Waals surface area contributed by atoms with Gasteiger partial charge in [-0.1, -0.05) is 0 Å². The van der Waals surface area contributed by atoms with Gasteiger partial charge in [-0.25, -0.2) is 4.98 Å². The van der Waals surface area contributed by atoms with Crippen LogP contribution in [0.25, 0.3) is 11.3 Å². The summed E-state index contributed by atoms with van der Waals surface area (Å²) < 4.78 is 6.95. The molecule has 0 aliphatic carbocycles. The van der Waals surface area contributed by atoms with Crippen LogP contribution in [0, 0.1) is 6.92 Å². The second-order valence-corrected chi connectivity index (χ2v) is 5.26. The maximum absolute atomic E-state index is 5.13. The van der Waals surface area contributed by atoms with Gasteiger partial charge < -0.3 is 10.1 Å². The van der Waals surface area contributed by atoms with Gasteiger partial charge in [-0.2, -0.15) is 5.10 Å². The number of methoxy groups -OCH3 is 1. The highest BCUT2D eigenvalue weighted by Gasteiger charge is 2.11. The lowest BCUT2D eigenvalue weighted by Crippen LogP contribution is -2.03. The first-order chi connectivity index (χ1) is 11.2.